The van der Waals surface area contributed by atoms with Crippen molar-refractivity contribution in [3.63, 3.8) is 0 Å². The molecule has 0 bridgehead atoms. The van der Waals surface area contributed by atoms with E-state index in [1.165, 1.54) is 28.9 Å². The molecule has 30 heavy (non-hydrogen) atoms. The Hall–Kier alpha value is -3.88. The number of amides is 1. The molecule has 0 aliphatic rings. The zero-order valence-corrected chi connectivity index (χ0v) is 16.1. The SMILES string of the molecule is Cc1nc(NCCNC(=O)c2ccccc2F)c2cnn(-c3ccccc3F)c2n1. The molecule has 0 aliphatic carbocycles. The molecule has 4 rings (SSSR count). The zero-order chi connectivity index (χ0) is 21.1. The first-order chi connectivity index (χ1) is 14.5. The fraction of sp³-hybridized carbons (Fsp3) is 0.143. The van der Waals surface area contributed by atoms with Gasteiger partial charge >= 0.3 is 0 Å². The number of anilines is 1. The van der Waals surface area contributed by atoms with Crippen molar-refractivity contribution in [1.29, 1.82) is 0 Å². The van der Waals surface area contributed by atoms with Crippen LogP contribution in [0.4, 0.5) is 14.6 Å². The second-order valence-corrected chi connectivity index (χ2v) is 6.53. The Kier molecular flexibility index (Phi) is 5.34. The second-order valence-electron chi connectivity index (χ2n) is 6.53. The molecule has 4 aromatic rings. The molecule has 0 atom stereocenters. The Morgan fingerprint density at radius 1 is 1.00 bits per heavy atom. The van der Waals surface area contributed by atoms with Crippen LogP contribution in [0.1, 0.15) is 16.2 Å². The molecule has 2 aromatic carbocycles. The van der Waals surface area contributed by atoms with Crippen LogP contribution < -0.4 is 10.6 Å². The van der Waals surface area contributed by atoms with Gasteiger partial charge in [-0.2, -0.15) is 5.10 Å². The van der Waals surface area contributed by atoms with Crippen molar-refractivity contribution in [2.75, 3.05) is 18.4 Å². The monoisotopic (exact) mass is 408 g/mol. The number of carbonyl (C=O) groups is 1. The molecule has 1 amide bonds. The third-order valence-corrected chi connectivity index (χ3v) is 4.44. The summed E-state index contributed by atoms with van der Waals surface area (Å²) < 4.78 is 29.3. The summed E-state index contributed by atoms with van der Waals surface area (Å²) in [6.45, 7) is 2.32. The minimum Gasteiger partial charge on any atom is -0.368 e. The average Bonchev–Trinajstić information content (AvgIpc) is 3.15. The van der Waals surface area contributed by atoms with Crippen LogP contribution in [0.3, 0.4) is 0 Å². The predicted molar refractivity (Wildman–Crippen MR) is 109 cm³/mol. The van der Waals surface area contributed by atoms with E-state index in [2.05, 4.69) is 25.7 Å². The van der Waals surface area contributed by atoms with E-state index < -0.39 is 17.5 Å². The highest BCUT2D eigenvalue weighted by Crippen LogP contribution is 2.23. The van der Waals surface area contributed by atoms with E-state index in [1.54, 1.807) is 37.4 Å². The molecule has 2 heterocycles. The molecule has 0 aliphatic heterocycles. The molecule has 0 radical (unpaired) electrons. The van der Waals surface area contributed by atoms with Gasteiger partial charge in [0.2, 0.25) is 0 Å². The summed E-state index contributed by atoms with van der Waals surface area (Å²) in [4.78, 5) is 20.9. The van der Waals surface area contributed by atoms with Crippen LogP contribution in [0.5, 0.6) is 0 Å². The third-order valence-electron chi connectivity index (χ3n) is 4.44. The first-order valence-electron chi connectivity index (χ1n) is 9.28. The Bertz CT molecular complexity index is 1220. The van der Waals surface area contributed by atoms with Gasteiger partial charge in [-0.15, -0.1) is 0 Å². The van der Waals surface area contributed by atoms with Gasteiger partial charge in [-0.05, 0) is 31.2 Å². The molecular formula is C21H18F2N6O. The summed E-state index contributed by atoms with van der Waals surface area (Å²) in [7, 11) is 0. The van der Waals surface area contributed by atoms with Gasteiger partial charge in [0.15, 0.2) is 5.65 Å². The van der Waals surface area contributed by atoms with Gasteiger partial charge in [-0.1, -0.05) is 24.3 Å². The van der Waals surface area contributed by atoms with Crippen LogP contribution in [0, 0.1) is 18.6 Å². The zero-order valence-electron chi connectivity index (χ0n) is 16.1. The van der Waals surface area contributed by atoms with Gasteiger partial charge in [-0.25, -0.2) is 23.4 Å². The third kappa shape index (κ3) is 3.82. The lowest BCUT2D eigenvalue weighted by atomic mass is 10.2. The van der Waals surface area contributed by atoms with Crippen molar-refractivity contribution >= 4 is 22.8 Å². The molecule has 0 spiro atoms. The van der Waals surface area contributed by atoms with Gasteiger partial charge in [0.25, 0.3) is 5.91 Å². The number of hydrogen-bond acceptors (Lipinski definition) is 5. The van der Waals surface area contributed by atoms with Crippen molar-refractivity contribution in [3.8, 4) is 5.69 Å². The number of halogens is 2. The number of benzene rings is 2. The summed E-state index contributed by atoms with van der Waals surface area (Å²) in [6, 6.07) is 12.1. The van der Waals surface area contributed by atoms with E-state index >= 15 is 0 Å². The van der Waals surface area contributed by atoms with Crippen molar-refractivity contribution in [2.24, 2.45) is 0 Å². The van der Waals surface area contributed by atoms with Gasteiger partial charge < -0.3 is 10.6 Å². The van der Waals surface area contributed by atoms with Gasteiger partial charge in [0.05, 0.1) is 17.1 Å². The van der Waals surface area contributed by atoms with Crippen LogP contribution in [-0.2, 0) is 0 Å². The first kappa shape index (κ1) is 19.4. The van der Waals surface area contributed by atoms with Crippen molar-refractivity contribution < 1.29 is 13.6 Å². The van der Waals surface area contributed by atoms with Crippen LogP contribution in [-0.4, -0.2) is 38.7 Å². The maximum atomic E-state index is 14.2. The summed E-state index contributed by atoms with van der Waals surface area (Å²) >= 11 is 0. The number of fused-ring (bicyclic) bond motifs is 1. The number of nitrogens with one attached hydrogen (secondary N) is 2. The average molecular weight is 408 g/mol. The molecular weight excluding hydrogens is 390 g/mol. The van der Waals surface area contributed by atoms with E-state index in [9.17, 15) is 13.6 Å². The van der Waals surface area contributed by atoms with E-state index in [-0.39, 0.29) is 17.8 Å². The highest BCUT2D eigenvalue weighted by Gasteiger charge is 2.15. The molecule has 9 heteroatoms. The summed E-state index contributed by atoms with van der Waals surface area (Å²) in [5.74, 6) is -0.481. The number of hydrogen-bond donors (Lipinski definition) is 2. The van der Waals surface area contributed by atoms with Gasteiger partial charge in [0.1, 0.15) is 29.0 Å². The van der Waals surface area contributed by atoms with Gasteiger partial charge in [0, 0.05) is 13.1 Å². The maximum Gasteiger partial charge on any atom is 0.254 e. The lowest BCUT2D eigenvalue weighted by molar-refractivity contribution is 0.0951. The minimum atomic E-state index is -0.573. The summed E-state index contributed by atoms with van der Waals surface area (Å²) in [5.41, 5.74) is 0.739. The highest BCUT2D eigenvalue weighted by atomic mass is 19.1. The largest absolute Gasteiger partial charge is 0.368 e. The summed E-state index contributed by atoms with van der Waals surface area (Å²) in [5, 5.41) is 10.7. The Labute approximate surface area is 170 Å². The summed E-state index contributed by atoms with van der Waals surface area (Å²) in [6.07, 6.45) is 1.56. The lowest BCUT2D eigenvalue weighted by Crippen LogP contribution is -2.29. The standard InChI is InChI=1S/C21H18F2N6O/c1-13-27-19(24-10-11-25-21(30)14-6-2-3-7-16(14)22)15-12-26-29(20(15)28-13)18-9-5-4-8-17(18)23/h2-9,12H,10-11H2,1H3,(H,25,30)(H,24,27,28). The molecule has 152 valence electrons. The highest BCUT2D eigenvalue weighted by molar-refractivity contribution is 5.94. The van der Waals surface area contributed by atoms with E-state index in [0.717, 1.165) is 0 Å². The normalized spacial score (nSPS) is 10.9. The van der Waals surface area contributed by atoms with Crippen LogP contribution in [0.15, 0.2) is 54.7 Å². The van der Waals surface area contributed by atoms with Crippen molar-refractivity contribution in [1.82, 2.24) is 25.1 Å². The Morgan fingerprint density at radius 2 is 1.73 bits per heavy atom. The Morgan fingerprint density at radius 3 is 2.50 bits per heavy atom. The van der Waals surface area contributed by atoms with Crippen molar-refractivity contribution in [3.05, 3.63) is 77.8 Å². The van der Waals surface area contributed by atoms with Crippen LogP contribution in [0.2, 0.25) is 0 Å². The number of aryl methyl sites for hydroxylation is 1. The molecule has 2 aromatic heterocycles. The smallest absolute Gasteiger partial charge is 0.254 e. The number of rotatable bonds is 6. The molecule has 7 nitrogen and oxygen atoms in total. The molecule has 0 fully saturated rings. The lowest BCUT2D eigenvalue weighted by Gasteiger charge is -2.10. The van der Waals surface area contributed by atoms with Crippen molar-refractivity contribution in [2.45, 2.75) is 6.92 Å². The Balaban J connectivity index is 1.49. The fourth-order valence-corrected chi connectivity index (χ4v) is 3.05. The molecule has 0 unspecified atom stereocenters. The number of nitrogens with zero attached hydrogens (tertiary/aromatic N) is 4. The van der Waals surface area contributed by atoms with E-state index in [1.807, 2.05) is 0 Å². The maximum absolute atomic E-state index is 14.2. The number of para-hydroxylation sites is 1. The first-order valence-corrected chi connectivity index (χ1v) is 9.28. The van der Waals surface area contributed by atoms with E-state index in [0.29, 0.717) is 29.2 Å². The number of aromatic nitrogens is 4. The second kappa shape index (κ2) is 8.24. The van der Waals surface area contributed by atoms with Crippen LogP contribution in [0.25, 0.3) is 16.7 Å². The van der Waals surface area contributed by atoms with Crippen LogP contribution >= 0.6 is 0 Å². The minimum absolute atomic E-state index is 0.0102. The van der Waals surface area contributed by atoms with Gasteiger partial charge in [-0.3, -0.25) is 4.79 Å². The molecule has 2 N–H and O–H groups in total. The quantitative estimate of drug-likeness (QED) is 0.479. The fourth-order valence-electron chi connectivity index (χ4n) is 3.05. The predicted octanol–water partition coefficient (Wildman–Crippen LogP) is 3.24. The topological polar surface area (TPSA) is 84.7 Å². The van der Waals surface area contributed by atoms with E-state index in [4.69, 9.17) is 0 Å². The molecule has 0 saturated carbocycles. The molecule has 0 saturated heterocycles. The number of carbonyl (C=O) groups excluding carboxylic acids is 1.